The topological polar surface area (TPSA) is 64.9 Å². The highest BCUT2D eigenvalue weighted by Gasteiger charge is 2.07. The van der Waals surface area contributed by atoms with Crippen LogP contribution in [0.4, 0.5) is 0 Å². The molecule has 20 heavy (non-hydrogen) atoms. The molecule has 9 heteroatoms. The average molecular weight is 378 g/mol. The van der Waals surface area contributed by atoms with Crippen LogP contribution in [0.5, 0.6) is 0 Å². The first-order valence-electron chi connectivity index (χ1n) is 6.11. The molecule has 2 aromatic rings. The lowest BCUT2D eigenvalue weighted by Crippen LogP contribution is -2.24. The molecule has 0 amide bonds. The summed E-state index contributed by atoms with van der Waals surface area (Å²) in [7, 11) is 1.70. The molecule has 0 fully saturated rings. The van der Waals surface area contributed by atoms with Gasteiger partial charge in [-0.25, -0.2) is 4.68 Å². The van der Waals surface area contributed by atoms with Gasteiger partial charge in [-0.05, 0) is 32.4 Å². The molecule has 0 aliphatic rings. The van der Waals surface area contributed by atoms with Crippen molar-refractivity contribution in [3.05, 3.63) is 20.8 Å². The fourth-order valence-electron chi connectivity index (χ4n) is 1.49. The first kappa shape index (κ1) is 15.9. The summed E-state index contributed by atoms with van der Waals surface area (Å²) in [4.78, 5) is 1.30. The number of nitrogens with zero attached hydrogens (tertiary/aromatic N) is 4. The molecule has 0 unspecified atom stereocenters. The van der Waals surface area contributed by atoms with Crippen LogP contribution in [0, 0.1) is 0 Å². The maximum absolute atomic E-state index is 4.98. The van der Waals surface area contributed by atoms with Crippen molar-refractivity contribution in [2.24, 2.45) is 0 Å². The van der Waals surface area contributed by atoms with E-state index in [0.29, 0.717) is 6.61 Å². The van der Waals surface area contributed by atoms with Crippen LogP contribution in [-0.2, 0) is 17.0 Å². The van der Waals surface area contributed by atoms with Crippen molar-refractivity contribution in [1.82, 2.24) is 25.5 Å². The normalized spacial score (nSPS) is 11.1. The summed E-state index contributed by atoms with van der Waals surface area (Å²) >= 11 is 6.84. The lowest BCUT2D eigenvalue weighted by Gasteiger charge is -2.05. The molecule has 0 atom stereocenters. The second-order valence-corrected chi connectivity index (χ2v) is 6.80. The minimum atomic E-state index is 0.713. The molecule has 0 saturated carbocycles. The number of aromatic nitrogens is 4. The molecule has 0 saturated heterocycles. The van der Waals surface area contributed by atoms with Gasteiger partial charge in [0.15, 0.2) is 0 Å². The van der Waals surface area contributed by atoms with Crippen molar-refractivity contribution in [2.45, 2.75) is 17.5 Å². The van der Waals surface area contributed by atoms with Crippen LogP contribution in [-0.4, -0.2) is 47.0 Å². The predicted octanol–water partition coefficient (Wildman–Crippen LogP) is 2.03. The van der Waals surface area contributed by atoms with Gasteiger partial charge in [-0.3, -0.25) is 0 Å². The number of rotatable bonds is 9. The van der Waals surface area contributed by atoms with E-state index in [1.54, 1.807) is 30.2 Å². The maximum Gasteiger partial charge on any atom is 0.209 e. The van der Waals surface area contributed by atoms with E-state index in [0.717, 1.165) is 35.0 Å². The number of thiophene rings is 1. The lowest BCUT2D eigenvalue weighted by molar-refractivity contribution is 0.199. The molecule has 2 heterocycles. The third kappa shape index (κ3) is 5.13. The summed E-state index contributed by atoms with van der Waals surface area (Å²) in [5, 5.41) is 18.0. The van der Waals surface area contributed by atoms with E-state index in [-0.39, 0.29) is 0 Å². The highest BCUT2D eigenvalue weighted by atomic mass is 79.9. The Labute approximate surface area is 134 Å². The third-order valence-corrected chi connectivity index (χ3v) is 5.33. The van der Waals surface area contributed by atoms with Gasteiger partial charge < -0.3 is 10.1 Å². The van der Waals surface area contributed by atoms with Crippen LogP contribution in [0.1, 0.15) is 4.88 Å². The fraction of sp³-hybridized carbons (Fsp3) is 0.545. The molecule has 1 N–H and O–H groups in total. The van der Waals surface area contributed by atoms with E-state index in [1.807, 2.05) is 4.68 Å². The van der Waals surface area contributed by atoms with Crippen molar-refractivity contribution in [1.29, 1.82) is 0 Å². The van der Waals surface area contributed by atoms with Crippen molar-refractivity contribution in [3.63, 3.8) is 0 Å². The Kier molecular flexibility index (Phi) is 6.94. The number of ether oxygens (including phenoxy) is 1. The van der Waals surface area contributed by atoms with Gasteiger partial charge in [0, 0.05) is 40.7 Å². The van der Waals surface area contributed by atoms with Gasteiger partial charge in [0.25, 0.3) is 0 Å². The van der Waals surface area contributed by atoms with Gasteiger partial charge in [-0.1, -0.05) is 11.8 Å². The highest BCUT2D eigenvalue weighted by molar-refractivity contribution is 9.10. The van der Waals surface area contributed by atoms with E-state index < -0.39 is 0 Å². The van der Waals surface area contributed by atoms with Crippen LogP contribution in [0.25, 0.3) is 0 Å². The van der Waals surface area contributed by atoms with Crippen LogP contribution in [0.2, 0.25) is 0 Å². The number of halogens is 1. The molecule has 2 aromatic heterocycles. The van der Waals surface area contributed by atoms with Crippen molar-refractivity contribution in [3.8, 4) is 0 Å². The quantitative estimate of drug-likeness (QED) is 0.532. The molecule has 0 aliphatic carbocycles. The molecule has 0 aliphatic heterocycles. The minimum absolute atomic E-state index is 0.713. The minimum Gasteiger partial charge on any atom is -0.383 e. The highest BCUT2D eigenvalue weighted by Crippen LogP contribution is 2.26. The van der Waals surface area contributed by atoms with Gasteiger partial charge >= 0.3 is 0 Å². The summed E-state index contributed by atoms with van der Waals surface area (Å²) in [5.74, 6) is 0.883. The molecule has 110 valence electrons. The standard InChI is InChI=1S/C11H16BrN5OS2/c1-18-5-3-13-2-4-17-11(14-15-16-17)20-8-10-6-9(12)7-19-10/h6-7,13H,2-5,8H2,1H3. The summed E-state index contributed by atoms with van der Waals surface area (Å²) < 4.78 is 7.93. The fourth-order valence-corrected chi connectivity index (χ4v) is 3.90. The van der Waals surface area contributed by atoms with Gasteiger partial charge in [-0.2, -0.15) is 0 Å². The number of tetrazole rings is 1. The van der Waals surface area contributed by atoms with Gasteiger partial charge in [0.1, 0.15) is 0 Å². The predicted molar refractivity (Wildman–Crippen MR) is 84.1 cm³/mol. The zero-order valence-corrected chi connectivity index (χ0v) is 14.3. The number of nitrogens with one attached hydrogen (secondary N) is 1. The maximum atomic E-state index is 4.98. The average Bonchev–Trinajstić information content (AvgIpc) is 3.05. The van der Waals surface area contributed by atoms with E-state index in [4.69, 9.17) is 4.74 Å². The first-order valence-corrected chi connectivity index (χ1v) is 8.77. The smallest absolute Gasteiger partial charge is 0.209 e. The summed E-state index contributed by atoms with van der Waals surface area (Å²) in [6, 6.07) is 2.12. The van der Waals surface area contributed by atoms with Gasteiger partial charge in [0.2, 0.25) is 5.16 Å². The SMILES string of the molecule is COCCNCCn1nnnc1SCc1cc(Br)cs1. The Balaban J connectivity index is 1.76. The molecule has 0 spiro atoms. The van der Waals surface area contributed by atoms with Crippen molar-refractivity contribution < 1.29 is 4.74 Å². The third-order valence-electron chi connectivity index (χ3n) is 2.45. The Hall–Kier alpha value is -0.480. The first-order chi connectivity index (χ1) is 9.79. The molecular weight excluding hydrogens is 362 g/mol. The Morgan fingerprint density at radius 3 is 3.15 bits per heavy atom. The van der Waals surface area contributed by atoms with Gasteiger partial charge in [-0.15, -0.1) is 16.4 Å². The van der Waals surface area contributed by atoms with Crippen molar-refractivity contribution in [2.75, 3.05) is 26.8 Å². The largest absolute Gasteiger partial charge is 0.383 e. The number of thioether (sulfide) groups is 1. The Morgan fingerprint density at radius 1 is 1.50 bits per heavy atom. The monoisotopic (exact) mass is 377 g/mol. The number of hydrogen-bond donors (Lipinski definition) is 1. The molecule has 0 aromatic carbocycles. The summed E-state index contributed by atoms with van der Waals surface area (Å²) in [6.07, 6.45) is 0. The van der Waals surface area contributed by atoms with Gasteiger partial charge in [0.05, 0.1) is 13.2 Å². The van der Waals surface area contributed by atoms with E-state index in [2.05, 4.69) is 48.2 Å². The number of hydrogen-bond acceptors (Lipinski definition) is 7. The van der Waals surface area contributed by atoms with Crippen LogP contribution >= 0.6 is 39.0 Å². The van der Waals surface area contributed by atoms with Crippen molar-refractivity contribution >= 4 is 39.0 Å². The second kappa shape index (κ2) is 8.73. The van der Waals surface area contributed by atoms with Crippen LogP contribution in [0.15, 0.2) is 21.1 Å². The molecule has 6 nitrogen and oxygen atoms in total. The Bertz CT molecular complexity index is 518. The molecule has 2 rings (SSSR count). The molecule has 0 radical (unpaired) electrons. The van der Waals surface area contributed by atoms with Crippen LogP contribution < -0.4 is 5.32 Å². The lowest BCUT2D eigenvalue weighted by atomic mass is 10.5. The molecular formula is C11H16BrN5OS2. The zero-order valence-electron chi connectivity index (χ0n) is 11.1. The summed E-state index contributed by atoms with van der Waals surface area (Å²) in [5.41, 5.74) is 0. The summed E-state index contributed by atoms with van der Waals surface area (Å²) in [6.45, 7) is 3.13. The second-order valence-electron chi connectivity index (χ2n) is 3.95. The van der Waals surface area contributed by atoms with E-state index in [1.165, 1.54) is 4.88 Å². The number of methoxy groups -OCH3 is 1. The van der Waals surface area contributed by atoms with E-state index >= 15 is 0 Å². The van der Waals surface area contributed by atoms with E-state index in [9.17, 15) is 0 Å². The van der Waals surface area contributed by atoms with Crippen LogP contribution in [0.3, 0.4) is 0 Å². The Morgan fingerprint density at radius 2 is 2.40 bits per heavy atom. The molecule has 0 bridgehead atoms. The zero-order chi connectivity index (χ0) is 14.2.